The van der Waals surface area contributed by atoms with E-state index < -0.39 is 0 Å². The Bertz CT molecular complexity index is 1090. The van der Waals surface area contributed by atoms with Gasteiger partial charge in [-0.1, -0.05) is 24.6 Å². The minimum absolute atomic E-state index is 0.0807. The van der Waals surface area contributed by atoms with Crippen LogP contribution < -0.4 is 0 Å². The van der Waals surface area contributed by atoms with Crippen molar-refractivity contribution in [3.8, 4) is 11.1 Å². The maximum absolute atomic E-state index is 12.7. The van der Waals surface area contributed by atoms with Crippen LogP contribution in [0.25, 0.3) is 22.1 Å². The Morgan fingerprint density at radius 3 is 2.36 bits per heavy atom. The number of hydrogen-bond donors (Lipinski definition) is 0. The summed E-state index contributed by atoms with van der Waals surface area (Å²) >= 11 is 0. The van der Waals surface area contributed by atoms with Crippen LogP contribution in [0, 0.1) is 0 Å². The molecule has 1 aromatic heterocycles. The molecule has 33 heavy (non-hydrogen) atoms. The molecule has 3 aromatic rings. The summed E-state index contributed by atoms with van der Waals surface area (Å²) in [5.74, 6) is 1.13. The lowest BCUT2D eigenvalue weighted by Gasteiger charge is -2.38. The Labute approximate surface area is 196 Å². The van der Waals surface area contributed by atoms with Crippen LogP contribution in [-0.2, 0) is 11.2 Å². The number of morpholine rings is 1. The van der Waals surface area contributed by atoms with Gasteiger partial charge < -0.3 is 14.1 Å². The van der Waals surface area contributed by atoms with Crippen molar-refractivity contribution in [2.24, 2.45) is 0 Å². The maximum Gasteiger partial charge on any atom is 0.254 e. The third-order valence-electron chi connectivity index (χ3n) is 7.32. The average molecular weight is 447 g/mol. The van der Waals surface area contributed by atoms with Crippen molar-refractivity contribution in [3.05, 3.63) is 59.9 Å². The van der Waals surface area contributed by atoms with Gasteiger partial charge in [0.05, 0.1) is 13.2 Å². The van der Waals surface area contributed by atoms with Crippen molar-refractivity contribution in [1.82, 2.24) is 9.80 Å². The molecule has 0 bridgehead atoms. The Balaban J connectivity index is 1.28. The molecule has 5 rings (SSSR count). The summed E-state index contributed by atoms with van der Waals surface area (Å²) in [5, 5.41) is 1.13. The average Bonchev–Trinajstić information content (AvgIpc) is 3.26. The minimum atomic E-state index is 0.0807. The van der Waals surface area contributed by atoms with E-state index in [1.54, 1.807) is 0 Å². The van der Waals surface area contributed by atoms with E-state index in [0.717, 1.165) is 46.4 Å². The van der Waals surface area contributed by atoms with Crippen molar-refractivity contribution in [1.29, 1.82) is 0 Å². The number of piperidine rings is 1. The first-order valence-electron chi connectivity index (χ1n) is 12.3. The third kappa shape index (κ3) is 4.85. The molecule has 0 aliphatic carbocycles. The first-order chi connectivity index (χ1) is 16.1. The van der Waals surface area contributed by atoms with Gasteiger partial charge in [-0.25, -0.2) is 0 Å². The second-order valence-electron chi connectivity index (χ2n) is 9.56. The number of hydrogen-bond acceptors (Lipinski definition) is 4. The lowest BCUT2D eigenvalue weighted by molar-refractivity contribution is 0.0303. The van der Waals surface area contributed by atoms with E-state index in [-0.39, 0.29) is 5.91 Å². The first-order valence-corrected chi connectivity index (χ1v) is 12.3. The van der Waals surface area contributed by atoms with Crippen LogP contribution in [0.1, 0.15) is 49.2 Å². The molecular weight excluding hydrogens is 412 g/mol. The van der Waals surface area contributed by atoms with Gasteiger partial charge in [0.2, 0.25) is 0 Å². The van der Waals surface area contributed by atoms with Crippen LogP contribution in [0.5, 0.6) is 0 Å². The van der Waals surface area contributed by atoms with Crippen LogP contribution in [0.3, 0.4) is 0 Å². The zero-order valence-corrected chi connectivity index (χ0v) is 19.8. The quantitative estimate of drug-likeness (QED) is 0.528. The van der Waals surface area contributed by atoms with Crippen LogP contribution >= 0.6 is 0 Å². The fraction of sp³-hybridized carbons (Fsp3) is 0.464. The van der Waals surface area contributed by atoms with Gasteiger partial charge in [0, 0.05) is 49.1 Å². The van der Waals surface area contributed by atoms with E-state index in [1.165, 1.54) is 19.3 Å². The van der Waals surface area contributed by atoms with Gasteiger partial charge in [-0.2, -0.15) is 0 Å². The zero-order chi connectivity index (χ0) is 22.8. The Hall–Kier alpha value is -2.63. The summed E-state index contributed by atoms with van der Waals surface area (Å²) in [6.07, 6.45) is 4.88. The molecule has 2 fully saturated rings. The molecule has 0 N–H and O–H groups in total. The van der Waals surface area contributed by atoms with Crippen molar-refractivity contribution in [2.75, 3.05) is 32.8 Å². The molecule has 5 heteroatoms. The Kier molecular flexibility index (Phi) is 6.52. The van der Waals surface area contributed by atoms with Gasteiger partial charge in [0.1, 0.15) is 11.3 Å². The summed E-state index contributed by atoms with van der Waals surface area (Å²) in [4.78, 5) is 17.2. The minimum Gasteiger partial charge on any atom is -0.461 e. The molecule has 2 atom stereocenters. The number of ether oxygens (including phenoxy) is 1. The van der Waals surface area contributed by atoms with Crippen LogP contribution in [0.15, 0.2) is 52.9 Å². The number of amides is 1. The highest BCUT2D eigenvalue weighted by molar-refractivity contribution is 5.95. The molecule has 0 spiro atoms. The molecule has 2 saturated heterocycles. The van der Waals surface area contributed by atoms with E-state index >= 15 is 0 Å². The fourth-order valence-corrected chi connectivity index (χ4v) is 5.31. The zero-order valence-electron chi connectivity index (χ0n) is 19.8. The highest BCUT2D eigenvalue weighted by Gasteiger charge is 2.24. The number of fused-ring (bicyclic) bond motifs is 1. The predicted octanol–water partition coefficient (Wildman–Crippen LogP) is 5.38. The van der Waals surface area contributed by atoms with Crippen LogP contribution in [-0.4, -0.2) is 60.6 Å². The topological polar surface area (TPSA) is 45.9 Å². The van der Waals surface area contributed by atoms with Crippen LogP contribution in [0.2, 0.25) is 0 Å². The molecule has 1 amide bonds. The molecule has 2 aromatic carbocycles. The number of benzene rings is 2. The number of likely N-dealkylation sites (tertiary alicyclic amines) is 1. The van der Waals surface area contributed by atoms with Gasteiger partial charge in [-0.3, -0.25) is 9.69 Å². The molecule has 2 unspecified atom stereocenters. The second-order valence-corrected chi connectivity index (χ2v) is 9.56. The summed E-state index contributed by atoms with van der Waals surface area (Å²) in [7, 11) is 0. The summed E-state index contributed by atoms with van der Waals surface area (Å²) in [5.41, 5.74) is 3.91. The summed E-state index contributed by atoms with van der Waals surface area (Å²) < 4.78 is 11.5. The maximum atomic E-state index is 12.7. The molecule has 0 saturated carbocycles. The van der Waals surface area contributed by atoms with E-state index in [1.807, 2.05) is 29.2 Å². The molecule has 0 radical (unpaired) electrons. The highest BCUT2D eigenvalue weighted by Crippen LogP contribution is 2.28. The van der Waals surface area contributed by atoms with Crippen molar-refractivity contribution >= 4 is 16.9 Å². The number of carbonyl (C=O) groups excluding carboxylic acids is 1. The van der Waals surface area contributed by atoms with Gasteiger partial charge in [0.15, 0.2) is 0 Å². The van der Waals surface area contributed by atoms with Crippen LogP contribution in [0.4, 0.5) is 0 Å². The van der Waals surface area contributed by atoms with E-state index in [2.05, 4.69) is 43.0 Å². The molecule has 5 nitrogen and oxygen atoms in total. The Morgan fingerprint density at radius 2 is 1.64 bits per heavy atom. The first kappa shape index (κ1) is 22.2. The molecule has 2 aliphatic rings. The summed E-state index contributed by atoms with van der Waals surface area (Å²) in [6, 6.07) is 17.8. The van der Waals surface area contributed by atoms with Crippen molar-refractivity contribution < 1.29 is 13.9 Å². The standard InChI is InChI=1S/C28H34N2O3/c1-20-4-3-5-21(2)30(20)13-12-26-19-25-18-24(10-11-27(25)33-26)22-6-8-23(9-7-22)28(31)29-14-16-32-17-15-29/h6-11,18-21H,3-5,12-17H2,1-2H3. The lowest BCUT2D eigenvalue weighted by atomic mass is 9.97. The second kappa shape index (κ2) is 9.70. The van der Waals surface area contributed by atoms with Gasteiger partial charge in [0.25, 0.3) is 5.91 Å². The number of furan rings is 1. The number of carbonyl (C=O) groups is 1. The number of nitrogens with zero attached hydrogens (tertiary/aromatic N) is 2. The molecule has 174 valence electrons. The fourth-order valence-electron chi connectivity index (χ4n) is 5.31. The van der Waals surface area contributed by atoms with Gasteiger partial charge >= 0.3 is 0 Å². The Morgan fingerprint density at radius 1 is 0.939 bits per heavy atom. The molecule has 3 heterocycles. The van der Waals surface area contributed by atoms with E-state index in [9.17, 15) is 4.79 Å². The lowest BCUT2D eigenvalue weighted by Crippen LogP contribution is -2.44. The van der Waals surface area contributed by atoms with Crippen molar-refractivity contribution in [3.63, 3.8) is 0 Å². The predicted molar refractivity (Wildman–Crippen MR) is 132 cm³/mol. The van der Waals surface area contributed by atoms with E-state index in [4.69, 9.17) is 9.15 Å². The molecular formula is C28H34N2O3. The highest BCUT2D eigenvalue weighted by atomic mass is 16.5. The third-order valence-corrected chi connectivity index (χ3v) is 7.32. The summed E-state index contributed by atoms with van der Waals surface area (Å²) in [6.45, 7) is 8.30. The largest absolute Gasteiger partial charge is 0.461 e. The number of rotatable bonds is 5. The normalized spacial score (nSPS) is 22.1. The monoisotopic (exact) mass is 446 g/mol. The SMILES string of the molecule is CC1CCCC(C)N1CCc1cc2cc(-c3ccc(C(=O)N4CCOCC4)cc3)ccc2o1. The van der Waals surface area contributed by atoms with Gasteiger partial charge in [-0.15, -0.1) is 0 Å². The van der Waals surface area contributed by atoms with Gasteiger partial charge in [-0.05, 0) is 68.1 Å². The molecule has 2 aliphatic heterocycles. The van der Waals surface area contributed by atoms with Crippen molar-refractivity contribution in [2.45, 2.75) is 51.6 Å². The van der Waals surface area contributed by atoms with E-state index in [0.29, 0.717) is 38.4 Å². The smallest absolute Gasteiger partial charge is 0.254 e.